The molecule has 3 N–H and O–H groups in total. The van der Waals surface area contributed by atoms with Gasteiger partial charge in [0.25, 0.3) is 5.91 Å². The van der Waals surface area contributed by atoms with E-state index in [1.54, 1.807) is 31.3 Å². The summed E-state index contributed by atoms with van der Waals surface area (Å²) in [6, 6.07) is 3.22. The van der Waals surface area contributed by atoms with Gasteiger partial charge in [-0.2, -0.15) is 0 Å². The monoisotopic (exact) mass is 282 g/mol. The molecule has 0 aromatic carbocycles. The van der Waals surface area contributed by atoms with Crippen molar-refractivity contribution < 1.29 is 14.3 Å². The molecule has 0 fully saturated rings. The summed E-state index contributed by atoms with van der Waals surface area (Å²) in [6.07, 6.45) is 1.54. The van der Waals surface area contributed by atoms with Gasteiger partial charge in [0.05, 0.1) is 19.3 Å². The summed E-state index contributed by atoms with van der Waals surface area (Å²) in [6.45, 7) is 3.35. The smallest absolute Gasteiger partial charge is 0.254 e. The molecule has 0 aliphatic heterocycles. The first-order valence-electron chi connectivity index (χ1n) is 6.35. The topological polar surface area (TPSA) is 89.7 Å². The van der Waals surface area contributed by atoms with Gasteiger partial charge in [0.2, 0.25) is 0 Å². The number of nitrogens with two attached hydrogens (primary N) is 1. The van der Waals surface area contributed by atoms with E-state index in [1.807, 2.05) is 6.92 Å². The van der Waals surface area contributed by atoms with Crippen LogP contribution < -0.4 is 11.3 Å². The van der Waals surface area contributed by atoms with E-state index in [0.717, 1.165) is 0 Å². The van der Waals surface area contributed by atoms with E-state index in [4.69, 9.17) is 15.3 Å². The number of nitrogens with zero attached hydrogens (tertiary/aromatic N) is 2. The summed E-state index contributed by atoms with van der Waals surface area (Å²) in [5.41, 5.74) is 2.95. The van der Waals surface area contributed by atoms with Crippen LogP contribution in [0.2, 0.25) is 0 Å². The number of carbonyl (C=O) groups is 1. The fourth-order valence-corrected chi connectivity index (χ4v) is 1.85. The van der Waals surface area contributed by atoms with E-state index in [9.17, 15) is 4.79 Å². The van der Waals surface area contributed by atoms with Crippen LogP contribution in [0.25, 0.3) is 0 Å². The first kappa shape index (κ1) is 16.4. The molecular weight excluding hydrogens is 260 g/mol. The zero-order valence-electron chi connectivity index (χ0n) is 12.1. The molecule has 0 spiro atoms. The molecule has 1 rings (SSSR count). The summed E-state index contributed by atoms with van der Waals surface area (Å²) >= 11 is 0. The molecule has 20 heavy (non-hydrogen) atoms. The zero-order valence-corrected chi connectivity index (χ0v) is 12.1. The van der Waals surface area contributed by atoms with Crippen LogP contribution in [0.15, 0.2) is 18.3 Å². The highest BCUT2D eigenvalue weighted by atomic mass is 16.5. The van der Waals surface area contributed by atoms with Gasteiger partial charge in [-0.05, 0) is 19.1 Å². The number of hydrazine groups is 1. The largest absolute Gasteiger partial charge is 0.383 e. The highest BCUT2D eigenvalue weighted by Crippen LogP contribution is 2.11. The molecule has 0 aliphatic carbocycles. The van der Waals surface area contributed by atoms with Crippen LogP contribution in [-0.4, -0.2) is 55.8 Å². The number of amides is 1. The Labute approximate surface area is 119 Å². The quantitative estimate of drug-likeness (QED) is 0.533. The summed E-state index contributed by atoms with van der Waals surface area (Å²) in [5.74, 6) is 5.65. The number of carbonyl (C=O) groups excluding carboxylic acids is 1. The predicted octanol–water partition coefficient (Wildman–Crippen LogP) is 0.491. The Morgan fingerprint density at radius 2 is 2.25 bits per heavy atom. The van der Waals surface area contributed by atoms with Gasteiger partial charge in [-0.3, -0.25) is 4.79 Å². The van der Waals surface area contributed by atoms with E-state index < -0.39 is 0 Å². The Bertz CT molecular complexity index is 428. The van der Waals surface area contributed by atoms with Gasteiger partial charge in [0.15, 0.2) is 0 Å². The van der Waals surface area contributed by atoms with Crippen molar-refractivity contribution in [2.45, 2.75) is 13.0 Å². The molecule has 7 nitrogen and oxygen atoms in total. The molecule has 0 radical (unpaired) electrons. The number of rotatable bonds is 8. The first-order valence-corrected chi connectivity index (χ1v) is 6.35. The minimum Gasteiger partial charge on any atom is -0.383 e. The summed E-state index contributed by atoms with van der Waals surface area (Å²) in [5, 5.41) is 0. The predicted molar refractivity (Wildman–Crippen MR) is 76.3 cm³/mol. The van der Waals surface area contributed by atoms with Gasteiger partial charge in [0.1, 0.15) is 5.82 Å². The van der Waals surface area contributed by atoms with Crippen LogP contribution in [0.4, 0.5) is 5.82 Å². The normalized spacial score (nSPS) is 12.0. The molecule has 0 saturated carbocycles. The van der Waals surface area contributed by atoms with Crippen LogP contribution in [0, 0.1) is 0 Å². The van der Waals surface area contributed by atoms with Gasteiger partial charge in [-0.1, -0.05) is 0 Å². The lowest BCUT2D eigenvalue weighted by Crippen LogP contribution is -2.43. The third-order valence-electron chi connectivity index (χ3n) is 2.89. The maximum Gasteiger partial charge on any atom is 0.254 e. The van der Waals surface area contributed by atoms with Crippen LogP contribution in [0.5, 0.6) is 0 Å². The maximum absolute atomic E-state index is 12.6. The second-order valence-corrected chi connectivity index (χ2v) is 4.37. The molecule has 0 aliphatic rings. The molecule has 1 aromatic rings. The van der Waals surface area contributed by atoms with Gasteiger partial charge in [-0.15, -0.1) is 0 Å². The van der Waals surface area contributed by atoms with Gasteiger partial charge in [-0.25, -0.2) is 10.8 Å². The van der Waals surface area contributed by atoms with Crippen molar-refractivity contribution >= 4 is 11.7 Å². The minimum absolute atomic E-state index is 0.0508. The van der Waals surface area contributed by atoms with Crippen molar-refractivity contribution in [1.82, 2.24) is 9.88 Å². The van der Waals surface area contributed by atoms with E-state index in [1.165, 1.54) is 6.20 Å². The molecular formula is C13H22N4O3. The SMILES string of the molecule is COCCN(C(=O)c1ccnc(NN)c1)C(C)COC. The van der Waals surface area contributed by atoms with Crippen LogP contribution in [-0.2, 0) is 9.47 Å². The van der Waals surface area contributed by atoms with Crippen molar-refractivity contribution in [3.8, 4) is 0 Å². The van der Waals surface area contributed by atoms with Crippen molar-refractivity contribution in [1.29, 1.82) is 0 Å². The van der Waals surface area contributed by atoms with Crippen LogP contribution in [0.1, 0.15) is 17.3 Å². The number of anilines is 1. The second kappa shape index (κ2) is 8.47. The molecule has 0 saturated heterocycles. The molecule has 1 amide bonds. The van der Waals surface area contributed by atoms with Crippen molar-refractivity contribution in [3.05, 3.63) is 23.9 Å². The molecule has 0 bridgehead atoms. The Kier molecular flexibility index (Phi) is 6.92. The number of nitrogens with one attached hydrogen (secondary N) is 1. The fraction of sp³-hybridized carbons (Fsp3) is 0.538. The molecule has 112 valence electrons. The van der Waals surface area contributed by atoms with Crippen LogP contribution in [0.3, 0.4) is 0 Å². The third kappa shape index (κ3) is 4.44. The molecule has 1 unspecified atom stereocenters. The number of hydrogen-bond donors (Lipinski definition) is 2. The molecule has 7 heteroatoms. The molecule has 1 atom stereocenters. The lowest BCUT2D eigenvalue weighted by Gasteiger charge is -2.28. The number of pyridine rings is 1. The average molecular weight is 282 g/mol. The lowest BCUT2D eigenvalue weighted by atomic mass is 10.2. The Morgan fingerprint density at radius 3 is 2.85 bits per heavy atom. The summed E-state index contributed by atoms with van der Waals surface area (Å²) in [4.78, 5) is 18.3. The third-order valence-corrected chi connectivity index (χ3v) is 2.89. The van der Waals surface area contributed by atoms with E-state index in [-0.39, 0.29) is 11.9 Å². The van der Waals surface area contributed by atoms with Crippen molar-refractivity contribution in [2.24, 2.45) is 5.84 Å². The minimum atomic E-state index is -0.106. The first-order chi connectivity index (χ1) is 9.63. The maximum atomic E-state index is 12.6. The van der Waals surface area contributed by atoms with Gasteiger partial charge in [0, 0.05) is 32.5 Å². The fourth-order valence-electron chi connectivity index (χ4n) is 1.85. The summed E-state index contributed by atoms with van der Waals surface area (Å²) in [7, 11) is 3.21. The number of methoxy groups -OCH3 is 2. The zero-order chi connectivity index (χ0) is 15.0. The van der Waals surface area contributed by atoms with E-state index in [0.29, 0.717) is 31.1 Å². The lowest BCUT2D eigenvalue weighted by molar-refractivity contribution is 0.0479. The van der Waals surface area contributed by atoms with Crippen molar-refractivity contribution in [2.75, 3.05) is 39.4 Å². The van der Waals surface area contributed by atoms with Crippen molar-refractivity contribution in [3.63, 3.8) is 0 Å². The number of nitrogen functional groups attached to an aromatic ring is 1. The van der Waals surface area contributed by atoms with Crippen LogP contribution >= 0.6 is 0 Å². The highest BCUT2D eigenvalue weighted by molar-refractivity contribution is 5.95. The van der Waals surface area contributed by atoms with Gasteiger partial charge < -0.3 is 19.8 Å². The Balaban J connectivity index is 2.90. The van der Waals surface area contributed by atoms with E-state index >= 15 is 0 Å². The standard InChI is InChI=1S/C13H22N4O3/c1-10(9-20-3)17(6-7-19-2)13(18)11-4-5-15-12(8-11)16-14/h4-5,8,10H,6-7,9,14H2,1-3H3,(H,15,16). The number of ether oxygens (including phenoxy) is 2. The van der Waals surface area contributed by atoms with E-state index in [2.05, 4.69) is 10.4 Å². The van der Waals surface area contributed by atoms with Gasteiger partial charge >= 0.3 is 0 Å². The second-order valence-electron chi connectivity index (χ2n) is 4.37. The highest BCUT2D eigenvalue weighted by Gasteiger charge is 2.21. The Hall–Kier alpha value is -1.70. The molecule has 1 heterocycles. The number of aromatic nitrogens is 1. The molecule has 1 aromatic heterocycles. The average Bonchev–Trinajstić information content (AvgIpc) is 2.47. The summed E-state index contributed by atoms with van der Waals surface area (Å²) < 4.78 is 10.2. The number of hydrogen-bond acceptors (Lipinski definition) is 6. The Morgan fingerprint density at radius 1 is 1.50 bits per heavy atom.